The van der Waals surface area contributed by atoms with Gasteiger partial charge in [-0.15, -0.1) is 0 Å². The number of nitrogens with one attached hydrogen (secondary N) is 1. The van der Waals surface area contributed by atoms with E-state index < -0.39 is 5.97 Å². The van der Waals surface area contributed by atoms with Gasteiger partial charge in [-0.1, -0.05) is 38.1 Å². The monoisotopic (exact) mass is 366 g/mol. The second kappa shape index (κ2) is 9.57. The Bertz CT molecular complexity index is 791. The van der Waals surface area contributed by atoms with Crippen LogP contribution in [0.25, 0.3) is 6.08 Å². The quantitative estimate of drug-likeness (QED) is 0.593. The minimum atomic E-state index is -0.555. The molecule has 1 N–H and O–H groups in total. The second-order valence-corrected chi connectivity index (χ2v) is 6.75. The van der Waals surface area contributed by atoms with Gasteiger partial charge in [-0.2, -0.15) is 0 Å². The van der Waals surface area contributed by atoms with Crippen molar-refractivity contribution in [2.75, 3.05) is 30.9 Å². The molecule has 2 aromatic carbocycles. The van der Waals surface area contributed by atoms with Gasteiger partial charge in [0.1, 0.15) is 0 Å². The molecule has 0 unspecified atom stereocenters. The lowest BCUT2D eigenvalue weighted by atomic mass is 10.0. The summed E-state index contributed by atoms with van der Waals surface area (Å²) >= 11 is 0. The number of benzene rings is 2. The van der Waals surface area contributed by atoms with Crippen molar-refractivity contribution in [3.8, 4) is 0 Å². The van der Waals surface area contributed by atoms with Gasteiger partial charge >= 0.3 is 5.97 Å². The molecule has 0 atom stereocenters. The lowest BCUT2D eigenvalue weighted by molar-refractivity contribution is -0.142. The zero-order valence-corrected chi connectivity index (χ0v) is 16.2. The highest BCUT2D eigenvalue weighted by Gasteiger charge is 2.06. The number of anilines is 2. The molecular formula is C22H26N2O3. The van der Waals surface area contributed by atoms with E-state index in [1.807, 2.05) is 55.4 Å². The van der Waals surface area contributed by atoms with Gasteiger partial charge in [0.15, 0.2) is 6.61 Å². The van der Waals surface area contributed by atoms with E-state index in [2.05, 4.69) is 19.2 Å². The molecule has 0 heterocycles. The molecule has 0 aromatic heterocycles. The lowest BCUT2D eigenvalue weighted by Gasteiger charge is -2.13. The standard InChI is InChI=1S/C22H26N2O3/c1-16(2)18-8-5-17(6-9-18)7-14-22(26)27-15-21(25)23-19-10-12-20(13-11-19)24(3)4/h5-14,16H,15H2,1-4H3,(H,23,25)/b14-7+. The molecule has 2 rings (SSSR count). The average molecular weight is 366 g/mol. The molecule has 5 nitrogen and oxygen atoms in total. The number of hydrogen-bond acceptors (Lipinski definition) is 4. The third kappa shape index (κ3) is 6.62. The number of hydrogen-bond donors (Lipinski definition) is 1. The molecule has 0 bridgehead atoms. The van der Waals surface area contributed by atoms with Gasteiger partial charge in [0, 0.05) is 31.5 Å². The largest absolute Gasteiger partial charge is 0.452 e. The predicted molar refractivity (Wildman–Crippen MR) is 110 cm³/mol. The number of carbonyl (C=O) groups excluding carboxylic acids is 2. The third-order valence-corrected chi connectivity index (χ3v) is 4.03. The number of rotatable bonds is 7. The fraction of sp³-hybridized carbons (Fsp3) is 0.273. The highest BCUT2D eigenvalue weighted by molar-refractivity contribution is 5.94. The van der Waals surface area contributed by atoms with Crippen molar-refractivity contribution in [1.29, 1.82) is 0 Å². The van der Waals surface area contributed by atoms with Crippen LogP contribution < -0.4 is 10.2 Å². The van der Waals surface area contributed by atoms with E-state index in [9.17, 15) is 9.59 Å². The van der Waals surface area contributed by atoms with Crippen LogP contribution >= 0.6 is 0 Å². The average Bonchev–Trinajstić information content (AvgIpc) is 2.65. The van der Waals surface area contributed by atoms with E-state index in [1.165, 1.54) is 11.6 Å². The highest BCUT2D eigenvalue weighted by Crippen LogP contribution is 2.16. The van der Waals surface area contributed by atoms with Gasteiger partial charge in [-0.25, -0.2) is 4.79 Å². The van der Waals surface area contributed by atoms with Crippen LogP contribution in [0.3, 0.4) is 0 Å². The van der Waals surface area contributed by atoms with Crippen molar-refractivity contribution in [1.82, 2.24) is 0 Å². The molecule has 5 heteroatoms. The van der Waals surface area contributed by atoms with E-state index in [-0.39, 0.29) is 12.5 Å². The minimum absolute atomic E-state index is 0.328. The molecule has 0 fully saturated rings. The first-order chi connectivity index (χ1) is 12.8. The third-order valence-electron chi connectivity index (χ3n) is 4.03. The van der Waals surface area contributed by atoms with E-state index in [0.29, 0.717) is 11.6 Å². The summed E-state index contributed by atoms with van der Waals surface area (Å²) in [6, 6.07) is 15.4. The lowest BCUT2D eigenvalue weighted by Crippen LogP contribution is -2.20. The number of carbonyl (C=O) groups is 2. The summed E-state index contributed by atoms with van der Waals surface area (Å²) in [5.41, 5.74) is 3.83. The Morgan fingerprint density at radius 3 is 2.22 bits per heavy atom. The van der Waals surface area contributed by atoms with Gasteiger partial charge in [0.25, 0.3) is 5.91 Å². The van der Waals surface area contributed by atoms with E-state index >= 15 is 0 Å². The molecule has 0 aliphatic rings. The van der Waals surface area contributed by atoms with E-state index in [4.69, 9.17) is 4.74 Å². The summed E-state index contributed by atoms with van der Waals surface area (Å²) in [5, 5.41) is 2.70. The maximum absolute atomic E-state index is 11.9. The molecule has 0 spiro atoms. The summed E-state index contributed by atoms with van der Waals surface area (Å²) in [5.74, 6) is -0.470. The maximum atomic E-state index is 11.9. The molecule has 142 valence electrons. The van der Waals surface area contributed by atoms with Gasteiger partial charge in [-0.3, -0.25) is 4.79 Å². The van der Waals surface area contributed by atoms with Crippen molar-refractivity contribution >= 4 is 29.3 Å². The Labute approximate surface area is 160 Å². The van der Waals surface area contributed by atoms with E-state index in [0.717, 1.165) is 11.3 Å². The Morgan fingerprint density at radius 1 is 1.04 bits per heavy atom. The summed E-state index contributed by atoms with van der Waals surface area (Å²) in [4.78, 5) is 25.6. The Hall–Kier alpha value is -3.08. The maximum Gasteiger partial charge on any atom is 0.331 e. The van der Waals surface area contributed by atoms with Crippen LogP contribution in [0.1, 0.15) is 30.9 Å². The zero-order chi connectivity index (χ0) is 19.8. The van der Waals surface area contributed by atoms with Crippen LogP contribution in [0.15, 0.2) is 54.6 Å². The fourth-order valence-corrected chi connectivity index (χ4v) is 2.38. The van der Waals surface area contributed by atoms with Crippen molar-refractivity contribution < 1.29 is 14.3 Å². The summed E-state index contributed by atoms with van der Waals surface area (Å²) in [6.45, 7) is 3.93. The topological polar surface area (TPSA) is 58.6 Å². The first kappa shape index (κ1) is 20.2. The molecule has 1 amide bonds. The van der Waals surface area contributed by atoms with Crippen molar-refractivity contribution in [3.05, 3.63) is 65.7 Å². The molecule has 0 radical (unpaired) electrons. The zero-order valence-electron chi connectivity index (χ0n) is 16.2. The Balaban J connectivity index is 1.79. The molecule has 0 aliphatic heterocycles. The van der Waals surface area contributed by atoms with Crippen LogP contribution in [-0.4, -0.2) is 32.6 Å². The van der Waals surface area contributed by atoms with Crippen LogP contribution in [0.5, 0.6) is 0 Å². The molecule has 27 heavy (non-hydrogen) atoms. The Morgan fingerprint density at radius 2 is 1.67 bits per heavy atom. The SMILES string of the molecule is CC(C)c1ccc(/C=C/C(=O)OCC(=O)Nc2ccc(N(C)C)cc2)cc1. The molecule has 0 aliphatic carbocycles. The van der Waals surface area contributed by atoms with Crippen LogP contribution in [0.2, 0.25) is 0 Å². The number of esters is 1. The summed E-state index contributed by atoms with van der Waals surface area (Å²) in [6.07, 6.45) is 2.99. The van der Waals surface area contributed by atoms with Crippen molar-refractivity contribution in [2.45, 2.75) is 19.8 Å². The smallest absolute Gasteiger partial charge is 0.331 e. The predicted octanol–water partition coefficient (Wildman–Crippen LogP) is 4.07. The number of nitrogens with zero attached hydrogens (tertiary/aromatic N) is 1. The number of amides is 1. The van der Waals surface area contributed by atoms with Crippen LogP contribution in [-0.2, 0) is 14.3 Å². The number of ether oxygens (including phenoxy) is 1. The minimum Gasteiger partial charge on any atom is -0.452 e. The summed E-state index contributed by atoms with van der Waals surface area (Å²) < 4.78 is 4.98. The molecule has 0 saturated carbocycles. The van der Waals surface area contributed by atoms with E-state index in [1.54, 1.807) is 18.2 Å². The highest BCUT2D eigenvalue weighted by atomic mass is 16.5. The molecular weight excluding hydrogens is 340 g/mol. The molecule has 2 aromatic rings. The van der Waals surface area contributed by atoms with Crippen molar-refractivity contribution in [3.63, 3.8) is 0 Å². The second-order valence-electron chi connectivity index (χ2n) is 6.75. The fourth-order valence-electron chi connectivity index (χ4n) is 2.38. The van der Waals surface area contributed by atoms with Crippen LogP contribution in [0, 0.1) is 0 Å². The summed E-state index contributed by atoms with van der Waals surface area (Å²) in [7, 11) is 3.89. The van der Waals surface area contributed by atoms with Gasteiger partial charge in [0.2, 0.25) is 0 Å². The normalized spacial score (nSPS) is 10.9. The van der Waals surface area contributed by atoms with Gasteiger partial charge in [-0.05, 0) is 47.4 Å². The first-order valence-electron chi connectivity index (χ1n) is 8.87. The van der Waals surface area contributed by atoms with Crippen molar-refractivity contribution in [2.24, 2.45) is 0 Å². The first-order valence-corrected chi connectivity index (χ1v) is 8.87. The van der Waals surface area contributed by atoms with Crippen LogP contribution in [0.4, 0.5) is 11.4 Å². The Kier molecular flexibility index (Phi) is 7.17. The molecule has 0 saturated heterocycles. The van der Waals surface area contributed by atoms with Gasteiger partial charge < -0.3 is 15.0 Å². The van der Waals surface area contributed by atoms with Gasteiger partial charge in [0.05, 0.1) is 0 Å².